The molecule has 142 valence electrons. The number of anilines is 2. The predicted octanol–water partition coefficient (Wildman–Crippen LogP) is 4.39. The fourth-order valence-corrected chi connectivity index (χ4v) is 3.50. The summed E-state index contributed by atoms with van der Waals surface area (Å²) in [6.45, 7) is 6.78. The zero-order valence-electron chi connectivity index (χ0n) is 15.6. The Morgan fingerprint density at radius 1 is 1.04 bits per heavy atom. The molecule has 0 spiro atoms. The lowest BCUT2D eigenvalue weighted by atomic mass is 9.87. The molecule has 0 bridgehead atoms. The number of rotatable bonds is 6. The van der Waals surface area contributed by atoms with Gasteiger partial charge >= 0.3 is 0 Å². The van der Waals surface area contributed by atoms with E-state index in [1.54, 1.807) is 36.7 Å². The summed E-state index contributed by atoms with van der Waals surface area (Å²) in [4.78, 5) is 4.37. The summed E-state index contributed by atoms with van der Waals surface area (Å²) < 4.78 is 32.9. The Morgan fingerprint density at radius 2 is 1.78 bits per heavy atom. The molecule has 0 atom stereocenters. The highest BCUT2D eigenvalue weighted by Crippen LogP contribution is 2.24. The van der Waals surface area contributed by atoms with Crippen molar-refractivity contribution in [1.29, 1.82) is 0 Å². The van der Waals surface area contributed by atoms with Gasteiger partial charge in [-0.1, -0.05) is 32.9 Å². The summed E-state index contributed by atoms with van der Waals surface area (Å²) in [5.74, 6) is 1.07. The van der Waals surface area contributed by atoms with Crippen molar-refractivity contribution in [2.24, 2.45) is 0 Å². The van der Waals surface area contributed by atoms with Crippen LogP contribution < -0.4 is 10.0 Å². The van der Waals surface area contributed by atoms with Crippen LogP contribution in [0.5, 0.6) is 0 Å². The number of benzene rings is 1. The van der Waals surface area contributed by atoms with E-state index >= 15 is 0 Å². The second kappa shape index (κ2) is 7.44. The molecule has 0 saturated heterocycles. The first-order chi connectivity index (χ1) is 12.7. The van der Waals surface area contributed by atoms with Gasteiger partial charge in [0.2, 0.25) is 0 Å². The minimum Gasteiger partial charge on any atom is -0.467 e. The number of nitrogens with zero attached hydrogens (tertiary/aromatic N) is 1. The van der Waals surface area contributed by atoms with Gasteiger partial charge in [-0.2, -0.15) is 0 Å². The lowest BCUT2D eigenvalue weighted by Gasteiger charge is -2.19. The molecule has 2 N–H and O–H groups in total. The van der Waals surface area contributed by atoms with Crippen molar-refractivity contribution < 1.29 is 12.8 Å². The Hall–Kier alpha value is -2.80. The van der Waals surface area contributed by atoms with Gasteiger partial charge in [-0.05, 0) is 47.4 Å². The molecule has 0 amide bonds. The van der Waals surface area contributed by atoms with E-state index in [2.05, 4.69) is 35.8 Å². The number of pyridine rings is 1. The third-order valence-corrected chi connectivity index (χ3v) is 5.45. The average Bonchev–Trinajstić information content (AvgIpc) is 3.14. The van der Waals surface area contributed by atoms with Crippen molar-refractivity contribution in [1.82, 2.24) is 4.98 Å². The molecule has 0 radical (unpaired) electrons. The molecule has 2 aromatic heterocycles. The lowest BCUT2D eigenvalue weighted by Crippen LogP contribution is -2.15. The highest BCUT2D eigenvalue weighted by atomic mass is 32.2. The fraction of sp³-hybridized carbons (Fsp3) is 0.250. The molecule has 0 unspecified atom stereocenters. The van der Waals surface area contributed by atoms with Crippen LogP contribution in [-0.4, -0.2) is 13.4 Å². The highest BCUT2D eigenvalue weighted by molar-refractivity contribution is 7.92. The van der Waals surface area contributed by atoms with E-state index in [-0.39, 0.29) is 16.1 Å². The maximum absolute atomic E-state index is 12.5. The number of hydrogen-bond acceptors (Lipinski definition) is 5. The first-order valence-electron chi connectivity index (χ1n) is 8.60. The lowest BCUT2D eigenvalue weighted by molar-refractivity contribution is 0.518. The van der Waals surface area contributed by atoms with Gasteiger partial charge in [-0.25, -0.2) is 13.4 Å². The van der Waals surface area contributed by atoms with Crippen LogP contribution in [0.2, 0.25) is 0 Å². The molecule has 6 nitrogen and oxygen atoms in total. The van der Waals surface area contributed by atoms with Crippen LogP contribution >= 0.6 is 0 Å². The number of hydrogen-bond donors (Lipinski definition) is 2. The van der Waals surface area contributed by atoms with Gasteiger partial charge < -0.3 is 9.73 Å². The first kappa shape index (κ1) is 19.0. The summed E-state index contributed by atoms with van der Waals surface area (Å²) in [6.07, 6.45) is 3.19. The zero-order valence-corrected chi connectivity index (χ0v) is 16.4. The predicted molar refractivity (Wildman–Crippen MR) is 106 cm³/mol. The first-order valence-corrected chi connectivity index (χ1v) is 10.1. The van der Waals surface area contributed by atoms with E-state index < -0.39 is 10.0 Å². The van der Waals surface area contributed by atoms with Gasteiger partial charge in [0, 0.05) is 0 Å². The second-order valence-corrected chi connectivity index (χ2v) is 8.93. The monoisotopic (exact) mass is 385 g/mol. The molecule has 27 heavy (non-hydrogen) atoms. The summed E-state index contributed by atoms with van der Waals surface area (Å²) in [5.41, 5.74) is 1.81. The van der Waals surface area contributed by atoms with Crippen LogP contribution in [0.15, 0.2) is 70.3 Å². The normalized spacial score (nSPS) is 12.0. The summed E-state index contributed by atoms with van der Waals surface area (Å²) >= 11 is 0. The summed E-state index contributed by atoms with van der Waals surface area (Å²) in [7, 11) is -3.68. The third kappa shape index (κ3) is 4.89. The maximum Gasteiger partial charge on any atom is 0.263 e. The molecular formula is C20H23N3O3S. The van der Waals surface area contributed by atoms with Crippen LogP contribution in [0.25, 0.3) is 0 Å². The molecule has 0 aliphatic rings. The van der Waals surface area contributed by atoms with E-state index in [9.17, 15) is 8.42 Å². The van der Waals surface area contributed by atoms with Crippen LogP contribution in [0.4, 0.5) is 11.5 Å². The Bertz CT molecular complexity index is 972. The Labute approximate surface area is 159 Å². The Balaban J connectivity index is 1.66. The van der Waals surface area contributed by atoms with E-state index in [4.69, 9.17) is 4.42 Å². The molecule has 0 aliphatic carbocycles. The van der Waals surface area contributed by atoms with Gasteiger partial charge in [0.05, 0.1) is 29.6 Å². The van der Waals surface area contributed by atoms with E-state index in [0.717, 1.165) is 17.0 Å². The van der Waals surface area contributed by atoms with Crippen molar-refractivity contribution in [3.63, 3.8) is 0 Å². The Kier molecular flexibility index (Phi) is 5.23. The van der Waals surface area contributed by atoms with Gasteiger partial charge in [0.25, 0.3) is 10.0 Å². The van der Waals surface area contributed by atoms with Crippen molar-refractivity contribution in [2.75, 3.05) is 10.0 Å². The van der Waals surface area contributed by atoms with Crippen LogP contribution in [0.1, 0.15) is 32.1 Å². The summed E-state index contributed by atoms with van der Waals surface area (Å²) in [6, 6.07) is 14.0. The topological polar surface area (TPSA) is 84.2 Å². The fourth-order valence-electron chi connectivity index (χ4n) is 2.49. The largest absolute Gasteiger partial charge is 0.467 e. The van der Waals surface area contributed by atoms with Gasteiger partial charge in [0.1, 0.15) is 11.6 Å². The molecule has 1 aromatic carbocycles. The van der Waals surface area contributed by atoms with Crippen LogP contribution in [-0.2, 0) is 22.0 Å². The van der Waals surface area contributed by atoms with Crippen molar-refractivity contribution >= 4 is 21.5 Å². The zero-order chi connectivity index (χ0) is 19.5. The van der Waals surface area contributed by atoms with Gasteiger partial charge in [-0.15, -0.1) is 0 Å². The molecule has 0 fully saturated rings. The van der Waals surface area contributed by atoms with Crippen LogP contribution in [0.3, 0.4) is 0 Å². The van der Waals surface area contributed by atoms with Crippen molar-refractivity contribution in [2.45, 2.75) is 37.6 Å². The van der Waals surface area contributed by atoms with Gasteiger partial charge in [0.15, 0.2) is 0 Å². The second-order valence-electron chi connectivity index (χ2n) is 7.24. The van der Waals surface area contributed by atoms with Crippen molar-refractivity contribution in [3.8, 4) is 0 Å². The van der Waals surface area contributed by atoms with E-state index in [0.29, 0.717) is 6.54 Å². The van der Waals surface area contributed by atoms with E-state index in [1.165, 1.54) is 0 Å². The van der Waals surface area contributed by atoms with E-state index in [1.807, 2.05) is 24.3 Å². The van der Waals surface area contributed by atoms with Gasteiger partial charge in [-0.3, -0.25) is 4.72 Å². The summed E-state index contributed by atoms with van der Waals surface area (Å²) in [5, 5.41) is 3.16. The molecule has 7 heteroatoms. The number of nitrogens with one attached hydrogen (secondary N) is 2. The van der Waals surface area contributed by atoms with Crippen LogP contribution in [0, 0.1) is 0 Å². The Morgan fingerprint density at radius 3 is 2.33 bits per heavy atom. The highest BCUT2D eigenvalue weighted by Gasteiger charge is 2.18. The quantitative estimate of drug-likeness (QED) is 0.658. The number of aromatic nitrogens is 1. The SMILES string of the molecule is CC(C)(C)c1ccc(S(=O)(=O)Nc2ccc(NCc3ccco3)cn2)cc1. The molecule has 0 aliphatic heterocycles. The minimum absolute atomic E-state index is 0.0320. The average molecular weight is 385 g/mol. The standard InChI is InChI=1S/C20H23N3O3S/c1-20(2,3)15-6-9-18(10-7-15)27(24,25)23-19-11-8-16(13-22-19)21-14-17-5-4-12-26-17/h4-13,21H,14H2,1-3H3,(H,22,23). The van der Waals surface area contributed by atoms with Crippen molar-refractivity contribution in [3.05, 3.63) is 72.3 Å². The smallest absolute Gasteiger partial charge is 0.263 e. The number of sulfonamides is 1. The minimum atomic E-state index is -3.68. The molecule has 0 saturated carbocycles. The maximum atomic E-state index is 12.5. The molecule has 3 rings (SSSR count). The third-order valence-electron chi connectivity index (χ3n) is 4.08. The molecule has 3 aromatic rings. The molecular weight excluding hydrogens is 362 g/mol. The number of furan rings is 1. The molecule has 2 heterocycles.